The van der Waals surface area contributed by atoms with E-state index in [9.17, 15) is 13.2 Å². The summed E-state index contributed by atoms with van der Waals surface area (Å²) in [5.41, 5.74) is 0.647. The molecule has 1 amide bonds. The minimum atomic E-state index is -3.94. The summed E-state index contributed by atoms with van der Waals surface area (Å²) in [5, 5.41) is 7.05. The highest BCUT2D eigenvalue weighted by molar-refractivity contribution is 7.92. The predicted molar refractivity (Wildman–Crippen MR) is 159 cm³/mol. The summed E-state index contributed by atoms with van der Waals surface area (Å²) < 4.78 is 34.5. The molecule has 3 aromatic carbocycles. The van der Waals surface area contributed by atoms with Gasteiger partial charge in [-0.15, -0.1) is 12.4 Å². The minimum Gasteiger partial charge on any atom is -0.454 e. The molecule has 39 heavy (non-hydrogen) atoms. The Morgan fingerprint density at radius 2 is 1.67 bits per heavy atom. The normalized spacial score (nSPS) is 13.8. The van der Waals surface area contributed by atoms with Gasteiger partial charge in [0.05, 0.1) is 15.6 Å². The number of amides is 1. The molecule has 1 fully saturated rings. The molecule has 3 aromatic rings. The molecule has 0 radical (unpaired) electrons. The molecule has 0 saturated carbocycles. The van der Waals surface area contributed by atoms with Gasteiger partial charge in [0.2, 0.25) is 0 Å². The smallest absolute Gasteiger partial charge is 0.262 e. The van der Waals surface area contributed by atoms with E-state index < -0.39 is 10.0 Å². The van der Waals surface area contributed by atoms with Crippen LogP contribution < -0.4 is 20.1 Å². The first kappa shape index (κ1) is 31.0. The second-order valence-corrected chi connectivity index (χ2v) is 11.8. The Labute approximate surface area is 246 Å². The van der Waals surface area contributed by atoms with Gasteiger partial charge < -0.3 is 15.4 Å². The molecular formula is C28H32Cl3N3O4S. The molecule has 3 N–H and O–H groups in total. The van der Waals surface area contributed by atoms with Crippen molar-refractivity contribution in [3.8, 4) is 11.5 Å². The summed E-state index contributed by atoms with van der Waals surface area (Å²) >= 11 is 12.1. The van der Waals surface area contributed by atoms with Crippen molar-refractivity contribution < 1.29 is 17.9 Å². The molecule has 1 saturated heterocycles. The number of ether oxygens (including phenoxy) is 1. The first-order chi connectivity index (χ1) is 18.3. The number of piperidine rings is 1. The predicted octanol–water partition coefficient (Wildman–Crippen LogP) is 6.91. The van der Waals surface area contributed by atoms with Crippen molar-refractivity contribution in [3.63, 3.8) is 0 Å². The van der Waals surface area contributed by atoms with Gasteiger partial charge in [-0.25, -0.2) is 8.42 Å². The molecule has 1 heterocycles. The van der Waals surface area contributed by atoms with E-state index in [0.29, 0.717) is 27.9 Å². The van der Waals surface area contributed by atoms with E-state index in [2.05, 4.69) is 15.4 Å². The number of rotatable bonds is 11. The Morgan fingerprint density at radius 1 is 0.949 bits per heavy atom. The molecule has 1 aliphatic heterocycles. The quantitative estimate of drug-likeness (QED) is 0.205. The van der Waals surface area contributed by atoms with Crippen LogP contribution in [0.3, 0.4) is 0 Å². The molecule has 0 spiro atoms. The van der Waals surface area contributed by atoms with Crippen molar-refractivity contribution >= 4 is 57.2 Å². The summed E-state index contributed by atoms with van der Waals surface area (Å²) in [6.07, 6.45) is 5.66. The van der Waals surface area contributed by atoms with Crippen LogP contribution in [-0.2, 0) is 10.0 Å². The molecule has 0 aromatic heterocycles. The lowest BCUT2D eigenvalue weighted by molar-refractivity contribution is 0.0952. The molecule has 0 unspecified atom stereocenters. The molecule has 4 rings (SSSR count). The zero-order chi connectivity index (χ0) is 27.0. The SMILES string of the molecule is Cl.O=C(NCCCCC1CCNCC1)c1ccc(S(=O)(=O)Nc2ccccc2Oc2ccc(Cl)cc2Cl)cc1. The van der Waals surface area contributed by atoms with Crippen LogP contribution in [0.1, 0.15) is 42.5 Å². The molecule has 0 bridgehead atoms. The van der Waals surface area contributed by atoms with E-state index in [-0.39, 0.29) is 34.6 Å². The van der Waals surface area contributed by atoms with Crippen LogP contribution in [0.25, 0.3) is 0 Å². The summed E-state index contributed by atoms with van der Waals surface area (Å²) in [4.78, 5) is 12.5. The van der Waals surface area contributed by atoms with E-state index in [0.717, 1.165) is 31.8 Å². The van der Waals surface area contributed by atoms with Crippen molar-refractivity contribution in [1.29, 1.82) is 0 Å². The summed E-state index contributed by atoms with van der Waals surface area (Å²) in [6, 6.07) is 17.2. The maximum atomic E-state index is 13.1. The third-order valence-electron chi connectivity index (χ3n) is 6.46. The fraction of sp³-hybridized carbons (Fsp3) is 0.321. The number of carbonyl (C=O) groups is 1. The molecule has 11 heteroatoms. The van der Waals surface area contributed by atoms with Gasteiger partial charge >= 0.3 is 0 Å². The first-order valence-electron chi connectivity index (χ1n) is 12.7. The summed E-state index contributed by atoms with van der Waals surface area (Å²) in [7, 11) is -3.94. The van der Waals surface area contributed by atoms with Crippen LogP contribution in [0.15, 0.2) is 71.6 Å². The number of unbranched alkanes of at least 4 members (excludes halogenated alkanes) is 1. The van der Waals surface area contributed by atoms with Gasteiger partial charge in [-0.2, -0.15) is 0 Å². The average Bonchev–Trinajstić information content (AvgIpc) is 2.91. The Kier molecular flexibility index (Phi) is 11.8. The van der Waals surface area contributed by atoms with Crippen LogP contribution in [0, 0.1) is 5.92 Å². The van der Waals surface area contributed by atoms with Crippen molar-refractivity contribution in [2.75, 3.05) is 24.4 Å². The monoisotopic (exact) mass is 611 g/mol. The van der Waals surface area contributed by atoms with Crippen LogP contribution in [0.2, 0.25) is 10.0 Å². The highest BCUT2D eigenvalue weighted by atomic mass is 35.5. The van der Waals surface area contributed by atoms with Crippen LogP contribution in [0.5, 0.6) is 11.5 Å². The zero-order valence-corrected chi connectivity index (χ0v) is 24.4. The van der Waals surface area contributed by atoms with Crippen molar-refractivity contribution in [2.45, 2.75) is 37.0 Å². The van der Waals surface area contributed by atoms with Crippen molar-refractivity contribution in [2.24, 2.45) is 5.92 Å². The van der Waals surface area contributed by atoms with E-state index in [1.165, 1.54) is 43.5 Å². The topological polar surface area (TPSA) is 96.5 Å². The highest BCUT2D eigenvalue weighted by Crippen LogP contribution is 2.35. The maximum Gasteiger partial charge on any atom is 0.262 e. The Balaban J connectivity index is 0.00000420. The van der Waals surface area contributed by atoms with E-state index in [1.807, 2.05) is 0 Å². The number of benzene rings is 3. The van der Waals surface area contributed by atoms with Gasteiger partial charge in [-0.3, -0.25) is 9.52 Å². The van der Waals surface area contributed by atoms with E-state index >= 15 is 0 Å². The fourth-order valence-electron chi connectivity index (χ4n) is 4.34. The standard InChI is InChI=1S/C28H31Cl2N3O4S.ClH/c29-22-10-13-26(24(30)19-22)37-27-7-2-1-6-25(27)33-38(35,36)23-11-8-21(9-12-23)28(34)32-16-4-3-5-20-14-17-31-18-15-20;/h1-2,6-13,19-20,31,33H,3-5,14-18H2,(H,32,34);1H. The summed E-state index contributed by atoms with van der Waals surface area (Å²) in [6.45, 7) is 2.79. The Hall–Kier alpha value is -2.49. The molecular weight excluding hydrogens is 581 g/mol. The lowest BCUT2D eigenvalue weighted by Gasteiger charge is -2.22. The Morgan fingerprint density at radius 3 is 2.38 bits per heavy atom. The van der Waals surface area contributed by atoms with Crippen LogP contribution >= 0.6 is 35.6 Å². The van der Waals surface area contributed by atoms with Crippen molar-refractivity contribution in [3.05, 3.63) is 82.3 Å². The first-order valence-corrected chi connectivity index (χ1v) is 14.9. The van der Waals surface area contributed by atoms with Gasteiger partial charge in [-0.05, 0) is 92.9 Å². The van der Waals surface area contributed by atoms with Crippen LogP contribution in [-0.4, -0.2) is 34.0 Å². The van der Waals surface area contributed by atoms with Gasteiger partial charge in [0.15, 0.2) is 5.75 Å². The number of hydrogen-bond acceptors (Lipinski definition) is 5. The number of carbonyl (C=O) groups excluding carboxylic acids is 1. The molecule has 210 valence electrons. The van der Waals surface area contributed by atoms with Gasteiger partial charge in [0.1, 0.15) is 5.75 Å². The second-order valence-electron chi connectivity index (χ2n) is 9.25. The number of halogens is 3. The average molecular weight is 613 g/mol. The van der Waals surface area contributed by atoms with Gasteiger partial charge in [0.25, 0.3) is 15.9 Å². The van der Waals surface area contributed by atoms with Gasteiger partial charge in [0, 0.05) is 17.1 Å². The van der Waals surface area contributed by atoms with E-state index in [1.54, 1.807) is 42.5 Å². The zero-order valence-electron chi connectivity index (χ0n) is 21.3. The third-order valence-corrected chi connectivity index (χ3v) is 8.37. The largest absolute Gasteiger partial charge is 0.454 e. The number of para-hydroxylation sites is 2. The second kappa shape index (κ2) is 14.8. The Bertz CT molecular complexity index is 1350. The lowest BCUT2D eigenvalue weighted by atomic mass is 9.92. The van der Waals surface area contributed by atoms with E-state index in [4.69, 9.17) is 27.9 Å². The minimum absolute atomic E-state index is 0. The maximum absolute atomic E-state index is 13.1. The van der Waals surface area contributed by atoms with Crippen molar-refractivity contribution in [1.82, 2.24) is 10.6 Å². The molecule has 0 atom stereocenters. The fourth-order valence-corrected chi connectivity index (χ4v) is 5.86. The molecule has 1 aliphatic rings. The number of anilines is 1. The lowest BCUT2D eigenvalue weighted by Crippen LogP contribution is -2.28. The number of nitrogens with one attached hydrogen (secondary N) is 3. The van der Waals surface area contributed by atoms with Crippen LogP contribution in [0.4, 0.5) is 5.69 Å². The third kappa shape index (κ3) is 9.01. The van der Waals surface area contributed by atoms with Gasteiger partial charge in [-0.1, -0.05) is 48.2 Å². The molecule has 7 nitrogen and oxygen atoms in total. The molecule has 0 aliphatic carbocycles. The summed E-state index contributed by atoms with van der Waals surface area (Å²) in [5.74, 6) is 1.17. The number of sulfonamides is 1. The highest BCUT2D eigenvalue weighted by Gasteiger charge is 2.18. The number of hydrogen-bond donors (Lipinski definition) is 3.